The van der Waals surface area contributed by atoms with Crippen LogP contribution in [0.3, 0.4) is 0 Å². The highest BCUT2D eigenvalue weighted by Gasteiger charge is 2.45. The van der Waals surface area contributed by atoms with Gasteiger partial charge in [0.1, 0.15) is 24.4 Å². The molecule has 0 bridgehead atoms. The molecular formula is C23H36N4O8S2. The summed E-state index contributed by atoms with van der Waals surface area (Å²) in [7, 11) is 0. The molecule has 7 N–H and O–H groups in total. The molecule has 1 aromatic carbocycles. The van der Waals surface area contributed by atoms with E-state index in [-0.39, 0.29) is 13.2 Å². The Morgan fingerprint density at radius 1 is 0.946 bits per heavy atom. The number of ether oxygens (including phenoxy) is 4. The van der Waals surface area contributed by atoms with E-state index in [0.717, 1.165) is 11.4 Å². The smallest absolute Gasteiger partial charge is 0.217 e. The summed E-state index contributed by atoms with van der Waals surface area (Å²) in [5.74, 6) is -0.417. The van der Waals surface area contributed by atoms with E-state index in [9.17, 15) is 20.1 Å². The van der Waals surface area contributed by atoms with Gasteiger partial charge in [0.05, 0.1) is 44.6 Å². The Hall–Kier alpha value is -2.01. The van der Waals surface area contributed by atoms with Gasteiger partial charge in [-0.15, -0.1) is 0 Å². The van der Waals surface area contributed by atoms with Crippen molar-refractivity contribution in [2.24, 2.45) is 0 Å². The number of nitrogens with one attached hydrogen (secondary N) is 4. The summed E-state index contributed by atoms with van der Waals surface area (Å²) in [6.45, 7) is 4.53. The summed E-state index contributed by atoms with van der Waals surface area (Å²) in [5, 5.41) is 41.7. The molecule has 0 radical (unpaired) electrons. The summed E-state index contributed by atoms with van der Waals surface area (Å²) < 4.78 is 22.0. The summed E-state index contributed by atoms with van der Waals surface area (Å²) in [5.41, 5.74) is 1.76. The Morgan fingerprint density at radius 2 is 1.54 bits per heavy atom. The van der Waals surface area contributed by atoms with Gasteiger partial charge in [-0.3, -0.25) is 4.79 Å². The van der Waals surface area contributed by atoms with E-state index >= 15 is 0 Å². The molecule has 0 spiro atoms. The second-order valence-corrected chi connectivity index (χ2v) is 9.19. The van der Waals surface area contributed by atoms with Crippen molar-refractivity contribution in [1.29, 1.82) is 0 Å². The zero-order valence-corrected chi connectivity index (χ0v) is 22.5. The lowest BCUT2D eigenvalue weighted by atomic mass is 9.97. The highest BCUT2D eigenvalue weighted by molar-refractivity contribution is 7.80. The number of hydrogen-bond donors (Lipinski definition) is 7. The third-order valence-corrected chi connectivity index (χ3v) is 5.48. The molecule has 208 valence electrons. The maximum absolute atomic E-state index is 11.4. The second kappa shape index (κ2) is 16.8. The number of amides is 1. The third kappa shape index (κ3) is 11.5. The predicted molar refractivity (Wildman–Crippen MR) is 146 cm³/mol. The quantitative estimate of drug-likeness (QED) is 0.118. The molecule has 0 saturated carbocycles. The van der Waals surface area contributed by atoms with Crippen molar-refractivity contribution in [3.05, 3.63) is 24.3 Å². The fourth-order valence-electron chi connectivity index (χ4n) is 3.41. The first-order valence-electron chi connectivity index (χ1n) is 11.8. The fraction of sp³-hybridized carbons (Fsp3) is 0.609. The van der Waals surface area contributed by atoms with Gasteiger partial charge in [-0.1, -0.05) is 12.2 Å². The molecule has 0 aliphatic carbocycles. The third-order valence-electron chi connectivity index (χ3n) is 5.13. The molecule has 1 aromatic rings. The molecule has 1 amide bonds. The van der Waals surface area contributed by atoms with Gasteiger partial charge >= 0.3 is 0 Å². The normalized spacial score (nSPS) is 23.2. The van der Waals surface area contributed by atoms with E-state index in [1.165, 1.54) is 6.92 Å². The van der Waals surface area contributed by atoms with Crippen LogP contribution in [0.15, 0.2) is 24.3 Å². The molecule has 5 atom stereocenters. The van der Waals surface area contributed by atoms with Crippen LogP contribution < -0.4 is 21.3 Å². The number of aliphatic hydroxyl groups is 3. The number of hydrogen-bond acceptors (Lipinski definition) is 10. The van der Waals surface area contributed by atoms with Crippen molar-refractivity contribution < 1.29 is 39.1 Å². The fourth-order valence-corrected chi connectivity index (χ4v) is 3.75. The van der Waals surface area contributed by atoms with Gasteiger partial charge in [-0.05, 0) is 43.4 Å². The van der Waals surface area contributed by atoms with Gasteiger partial charge in [0.15, 0.2) is 11.4 Å². The minimum absolute atomic E-state index is 0.103. The summed E-state index contributed by atoms with van der Waals surface area (Å²) in [4.78, 5) is 12.1. The van der Waals surface area contributed by atoms with Crippen molar-refractivity contribution in [3.8, 4) is 0 Å². The number of carbonyl (C=O) groups is 1. The SMILES string of the molecule is CC(=O)NC1C(O)[C@@H](O)C(CO)O[C@H]1OCCOCCOCCNC(=S)Nc1ccc(NC(C)=S)cc1. The molecule has 2 rings (SSSR count). The van der Waals surface area contributed by atoms with Gasteiger partial charge in [0, 0.05) is 24.8 Å². The van der Waals surface area contributed by atoms with Crippen LogP contribution in [0.1, 0.15) is 13.8 Å². The molecule has 14 heteroatoms. The highest BCUT2D eigenvalue weighted by Crippen LogP contribution is 2.22. The first-order valence-corrected chi connectivity index (χ1v) is 12.6. The number of benzene rings is 1. The summed E-state index contributed by atoms with van der Waals surface area (Å²) in [6.07, 6.45) is -4.79. The average molecular weight is 561 g/mol. The van der Waals surface area contributed by atoms with Gasteiger partial charge in [0.25, 0.3) is 0 Å². The molecule has 37 heavy (non-hydrogen) atoms. The number of carbonyl (C=O) groups excluding carboxylic acids is 1. The molecular weight excluding hydrogens is 524 g/mol. The standard InChI is InChI=1S/C23H36N4O8S2/c1-14(29)25-19-21(31)20(30)18(13-28)35-22(19)34-12-11-33-10-9-32-8-7-24-23(37)27-17-5-3-16(4-6-17)26-15(2)36/h3-6,18-22,28,30-31H,7-13H2,1-2H3,(H,25,29)(H,26,36)(H2,24,27,37)/t18?,19?,20-,21?,22+/m0/s1. The van der Waals surface area contributed by atoms with Gasteiger partial charge in [-0.2, -0.15) is 0 Å². The Morgan fingerprint density at radius 3 is 2.14 bits per heavy atom. The van der Waals surface area contributed by atoms with Crippen LogP contribution in [0.4, 0.5) is 11.4 Å². The summed E-state index contributed by atoms with van der Waals surface area (Å²) >= 11 is 10.3. The molecule has 1 aliphatic heterocycles. The molecule has 1 fully saturated rings. The minimum atomic E-state index is -1.36. The Kier molecular flexibility index (Phi) is 14.1. The van der Waals surface area contributed by atoms with E-state index in [1.54, 1.807) is 0 Å². The molecule has 3 unspecified atom stereocenters. The van der Waals surface area contributed by atoms with Crippen molar-refractivity contribution >= 4 is 51.8 Å². The first-order chi connectivity index (χ1) is 17.7. The zero-order valence-electron chi connectivity index (χ0n) is 20.8. The Bertz CT molecular complexity index is 864. The van der Waals surface area contributed by atoms with Crippen LogP contribution in [0.5, 0.6) is 0 Å². The topological polar surface area (TPSA) is 163 Å². The van der Waals surface area contributed by atoms with E-state index in [2.05, 4.69) is 21.3 Å². The second-order valence-electron chi connectivity index (χ2n) is 8.17. The zero-order chi connectivity index (χ0) is 27.2. The molecule has 1 saturated heterocycles. The van der Waals surface area contributed by atoms with E-state index in [1.807, 2.05) is 31.2 Å². The van der Waals surface area contributed by atoms with Crippen LogP contribution in [0.25, 0.3) is 0 Å². The van der Waals surface area contributed by atoms with E-state index < -0.39 is 43.2 Å². The van der Waals surface area contributed by atoms with E-state index in [4.69, 9.17) is 43.4 Å². The van der Waals surface area contributed by atoms with Crippen LogP contribution in [-0.4, -0.2) is 108 Å². The van der Waals surface area contributed by atoms with Crippen LogP contribution >= 0.6 is 24.4 Å². The summed E-state index contributed by atoms with van der Waals surface area (Å²) in [6, 6.07) is 6.60. The lowest BCUT2D eigenvalue weighted by Crippen LogP contribution is -2.64. The average Bonchev–Trinajstić information content (AvgIpc) is 2.85. The number of anilines is 2. The molecule has 1 aliphatic rings. The maximum atomic E-state index is 11.4. The van der Waals surface area contributed by atoms with Crippen LogP contribution in [0.2, 0.25) is 0 Å². The van der Waals surface area contributed by atoms with Gasteiger partial charge in [-0.25, -0.2) is 0 Å². The Balaban J connectivity index is 1.54. The van der Waals surface area contributed by atoms with Crippen molar-refractivity contribution in [2.45, 2.75) is 44.5 Å². The Labute approximate surface area is 227 Å². The van der Waals surface area contributed by atoms with Crippen LogP contribution in [-0.2, 0) is 23.7 Å². The van der Waals surface area contributed by atoms with Crippen LogP contribution in [0, 0.1) is 0 Å². The highest BCUT2D eigenvalue weighted by atomic mass is 32.1. The molecule has 1 heterocycles. The maximum Gasteiger partial charge on any atom is 0.217 e. The number of thiocarbonyl (C=S) groups is 2. The first kappa shape index (κ1) is 31.2. The van der Waals surface area contributed by atoms with Crippen molar-refractivity contribution in [2.75, 3.05) is 56.8 Å². The predicted octanol–water partition coefficient (Wildman–Crippen LogP) is -0.274. The molecule has 0 aromatic heterocycles. The van der Waals surface area contributed by atoms with Gasteiger partial charge in [0.2, 0.25) is 5.91 Å². The lowest BCUT2D eigenvalue weighted by molar-refractivity contribution is -0.272. The lowest BCUT2D eigenvalue weighted by Gasteiger charge is -2.42. The van der Waals surface area contributed by atoms with E-state index in [0.29, 0.717) is 36.5 Å². The number of rotatable bonds is 14. The largest absolute Gasteiger partial charge is 0.394 e. The van der Waals surface area contributed by atoms with Crippen molar-refractivity contribution in [3.63, 3.8) is 0 Å². The van der Waals surface area contributed by atoms with Crippen molar-refractivity contribution in [1.82, 2.24) is 10.6 Å². The van der Waals surface area contributed by atoms with Gasteiger partial charge < -0.3 is 55.5 Å². The number of aliphatic hydroxyl groups excluding tert-OH is 3. The molecule has 12 nitrogen and oxygen atoms in total. The minimum Gasteiger partial charge on any atom is -0.394 e. The monoisotopic (exact) mass is 560 g/mol.